The average molecular weight is 278 g/mol. The lowest BCUT2D eigenvalue weighted by molar-refractivity contribution is 0.460. The van der Waals surface area contributed by atoms with Gasteiger partial charge >= 0.3 is 0 Å². The van der Waals surface area contributed by atoms with Gasteiger partial charge < -0.3 is 0 Å². The molecule has 0 heterocycles. The van der Waals surface area contributed by atoms with Crippen molar-refractivity contribution in [2.45, 2.75) is 55.4 Å². The van der Waals surface area contributed by atoms with E-state index in [0.717, 1.165) is 0 Å². The Morgan fingerprint density at radius 2 is 1.32 bits per heavy atom. The van der Waals surface area contributed by atoms with E-state index in [-0.39, 0.29) is 7.92 Å². The summed E-state index contributed by atoms with van der Waals surface area (Å²) < 4.78 is 0. The van der Waals surface area contributed by atoms with Crippen molar-refractivity contribution in [1.82, 2.24) is 0 Å². The van der Waals surface area contributed by atoms with Crippen LogP contribution < -0.4 is 5.30 Å². The van der Waals surface area contributed by atoms with Crippen molar-refractivity contribution in [1.29, 1.82) is 0 Å². The fourth-order valence-corrected chi connectivity index (χ4v) is 6.14. The molecule has 0 nitrogen and oxygen atoms in total. The minimum atomic E-state index is -0.0689. The molecule has 0 fully saturated rings. The summed E-state index contributed by atoms with van der Waals surface area (Å²) in [5.41, 5.74) is 3.77. The first-order chi connectivity index (χ1) is 8.49. The summed E-state index contributed by atoms with van der Waals surface area (Å²) in [5.74, 6) is 0. The van der Waals surface area contributed by atoms with Crippen LogP contribution in [-0.2, 0) is 0 Å². The summed E-state index contributed by atoms with van der Waals surface area (Å²) in [7, 11) is -0.0689. The quantitative estimate of drug-likeness (QED) is 0.640. The third kappa shape index (κ3) is 5.65. The van der Waals surface area contributed by atoms with Crippen LogP contribution in [0.25, 0.3) is 0 Å². The van der Waals surface area contributed by atoms with Gasteiger partial charge in [-0.15, -0.1) is 0 Å². The molecule has 0 amide bonds. The lowest BCUT2D eigenvalue weighted by Gasteiger charge is -2.33. The van der Waals surface area contributed by atoms with Gasteiger partial charge in [-0.05, 0) is 53.4 Å². The third-order valence-electron chi connectivity index (χ3n) is 3.25. The highest BCUT2D eigenvalue weighted by Gasteiger charge is 2.25. The zero-order valence-electron chi connectivity index (χ0n) is 14.1. The maximum absolute atomic E-state index is 2.37. The summed E-state index contributed by atoms with van der Waals surface area (Å²) in [4.78, 5) is 0. The first kappa shape index (κ1) is 16.7. The van der Waals surface area contributed by atoms with Gasteiger partial charge in [-0.3, -0.25) is 0 Å². The summed E-state index contributed by atoms with van der Waals surface area (Å²) in [6.45, 7) is 18.8. The zero-order chi connectivity index (χ0) is 14.8. The monoisotopic (exact) mass is 278 g/mol. The van der Waals surface area contributed by atoms with Gasteiger partial charge in [-0.1, -0.05) is 67.7 Å². The average Bonchev–Trinajstić information content (AvgIpc) is 2.16. The van der Waals surface area contributed by atoms with Crippen molar-refractivity contribution in [2.24, 2.45) is 10.8 Å². The molecule has 0 saturated heterocycles. The Morgan fingerprint density at radius 1 is 0.842 bits per heavy atom. The normalized spacial score (nSPS) is 13.1. The van der Waals surface area contributed by atoms with Crippen LogP contribution in [-0.4, -0.2) is 12.3 Å². The molecule has 0 aromatic heterocycles. The van der Waals surface area contributed by atoms with E-state index in [2.05, 4.69) is 73.6 Å². The van der Waals surface area contributed by atoms with Crippen molar-refractivity contribution in [2.75, 3.05) is 12.3 Å². The van der Waals surface area contributed by atoms with E-state index in [1.807, 2.05) is 0 Å². The van der Waals surface area contributed by atoms with Gasteiger partial charge in [0.25, 0.3) is 0 Å². The molecule has 0 aliphatic rings. The van der Waals surface area contributed by atoms with E-state index < -0.39 is 0 Å². The Balaban J connectivity index is 3.12. The molecule has 0 N–H and O–H groups in total. The Hall–Kier alpha value is -0.350. The lowest BCUT2D eigenvalue weighted by Crippen LogP contribution is -2.23. The molecule has 0 atom stereocenters. The highest BCUT2D eigenvalue weighted by atomic mass is 31.1. The van der Waals surface area contributed by atoms with E-state index in [1.54, 1.807) is 5.30 Å². The molecule has 0 bridgehead atoms. The number of aryl methyl sites for hydroxylation is 1. The lowest BCUT2D eigenvalue weighted by atomic mass is 10.00. The first-order valence-electron chi connectivity index (χ1n) is 7.31. The zero-order valence-corrected chi connectivity index (χ0v) is 15.0. The standard InChI is InChI=1S/C18H31P/c1-14-10-9-11-16(15(14)2)19(12-17(3,4)5)13-18(6,7)8/h9-11H,12-13H2,1-8H3. The van der Waals surface area contributed by atoms with Crippen molar-refractivity contribution >= 4 is 13.2 Å². The molecule has 1 aromatic carbocycles. The van der Waals surface area contributed by atoms with Crippen molar-refractivity contribution < 1.29 is 0 Å². The molecule has 0 saturated carbocycles. The number of benzene rings is 1. The van der Waals surface area contributed by atoms with Crippen LogP contribution in [0.1, 0.15) is 52.7 Å². The maximum atomic E-state index is 2.37. The first-order valence-corrected chi connectivity index (χ1v) is 9.02. The van der Waals surface area contributed by atoms with Crippen LogP contribution >= 0.6 is 7.92 Å². The Kier molecular flexibility index (Phi) is 5.24. The second-order valence-corrected chi connectivity index (χ2v) is 10.4. The maximum Gasteiger partial charge on any atom is -0.0208 e. The predicted octanol–water partition coefficient (Wildman–Crippen LogP) is 5.50. The Morgan fingerprint density at radius 3 is 1.74 bits per heavy atom. The molecule has 0 spiro atoms. The van der Waals surface area contributed by atoms with E-state index in [1.165, 1.54) is 23.5 Å². The highest BCUT2D eigenvalue weighted by molar-refractivity contribution is 7.65. The molecular formula is C18H31P. The Bertz CT molecular complexity index is 402. The third-order valence-corrected chi connectivity index (χ3v) is 7.07. The van der Waals surface area contributed by atoms with Crippen LogP contribution in [0.4, 0.5) is 0 Å². The van der Waals surface area contributed by atoms with E-state index in [4.69, 9.17) is 0 Å². The SMILES string of the molecule is Cc1cccc(P(CC(C)(C)C)CC(C)(C)C)c1C. The van der Waals surface area contributed by atoms with Gasteiger partial charge in [0.05, 0.1) is 0 Å². The summed E-state index contributed by atoms with van der Waals surface area (Å²) >= 11 is 0. The molecular weight excluding hydrogens is 247 g/mol. The summed E-state index contributed by atoms with van der Waals surface area (Å²) in [6.07, 6.45) is 2.65. The van der Waals surface area contributed by atoms with E-state index in [9.17, 15) is 0 Å². The molecule has 1 rings (SSSR count). The fraction of sp³-hybridized carbons (Fsp3) is 0.667. The van der Waals surface area contributed by atoms with Crippen LogP contribution in [0, 0.1) is 24.7 Å². The van der Waals surface area contributed by atoms with Gasteiger partial charge in [0.1, 0.15) is 0 Å². The van der Waals surface area contributed by atoms with Gasteiger partial charge in [0.2, 0.25) is 0 Å². The largest absolute Gasteiger partial charge is 0.0740 e. The molecule has 108 valence electrons. The molecule has 0 aliphatic carbocycles. The van der Waals surface area contributed by atoms with Gasteiger partial charge in [0, 0.05) is 0 Å². The highest BCUT2D eigenvalue weighted by Crippen LogP contribution is 2.46. The van der Waals surface area contributed by atoms with E-state index >= 15 is 0 Å². The number of hydrogen-bond acceptors (Lipinski definition) is 0. The molecule has 1 heteroatoms. The summed E-state index contributed by atoms with van der Waals surface area (Å²) in [6, 6.07) is 6.84. The number of hydrogen-bond donors (Lipinski definition) is 0. The molecule has 19 heavy (non-hydrogen) atoms. The topological polar surface area (TPSA) is 0 Å². The van der Waals surface area contributed by atoms with Crippen molar-refractivity contribution in [3.8, 4) is 0 Å². The second kappa shape index (κ2) is 5.96. The molecule has 0 unspecified atom stereocenters. The smallest absolute Gasteiger partial charge is 0.0208 e. The van der Waals surface area contributed by atoms with Crippen LogP contribution in [0.3, 0.4) is 0 Å². The molecule has 0 aliphatic heterocycles. The minimum Gasteiger partial charge on any atom is -0.0740 e. The van der Waals surface area contributed by atoms with E-state index in [0.29, 0.717) is 10.8 Å². The van der Waals surface area contributed by atoms with Crippen molar-refractivity contribution in [3.05, 3.63) is 29.3 Å². The minimum absolute atomic E-state index is 0.0689. The van der Waals surface area contributed by atoms with Gasteiger partial charge in [-0.25, -0.2) is 0 Å². The van der Waals surface area contributed by atoms with Gasteiger partial charge in [0.15, 0.2) is 0 Å². The van der Waals surface area contributed by atoms with Crippen LogP contribution in [0.2, 0.25) is 0 Å². The molecule has 1 aromatic rings. The molecule has 0 radical (unpaired) electrons. The number of rotatable bonds is 3. The van der Waals surface area contributed by atoms with Crippen molar-refractivity contribution in [3.63, 3.8) is 0 Å². The Labute approximate surface area is 121 Å². The fourth-order valence-electron chi connectivity index (χ4n) is 2.45. The second-order valence-electron chi connectivity index (χ2n) is 8.20. The predicted molar refractivity (Wildman–Crippen MR) is 91.1 cm³/mol. The van der Waals surface area contributed by atoms with Crippen LogP contribution in [0.5, 0.6) is 0 Å². The summed E-state index contributed by atoms with van der Waals surface area (Å²) in [5, 5.41) is 1.62. The van der Waals surface area contributed by atoms with Gasteiger partial charge in [-0.2, -0.15) is 0 Å². The van der Waals surface area contributed by atoms with Crippen LogP contribution in [0.15, 0.2) is 18.2 Å².